The maximum Gasteiger partial charge on any atom is 0.189 e. The third-order valence-electron chi connectivity index (χ3n) is 3.54. The lowest BCUT2D eigenvalue weighted by Gasteiger charge is -2.05. The lowest BCUT2D eigenvalue weighted by atomic mass is 10.0. The second kappa shape index (κ2) is 6.45. The summed E-state index contributed by atoms with van der Waals surface area (Å²) in [4.78, 5) is 12.3. The Morgan fingerprint density at radius 2 is 1.74 bits per heavy atom. The molecule has 0 aliphatic carbocycles. The number of ketones is 1. The number of fused-ring (bicyclic) bond motifs is 1. The molecule has 0 unspecified atom stereocenters. The Hall–Kier alpha value is -2.29. The van der Waals surface area contributed by atoms with Gasteiger partial charge in [-0.25, -0.2) is 0 Å². The van der Waals surface area contributed by atoms with Crippen LogP contribution in [0.2, 0.25) is 10.0 Å². The van der Waals surface area contributed by atoms with Crippen LogP contribution in [0.5, 0.6) is 5.75 Å². The van der Waals surface area contributed by atoms with Crippen LogP contribution in [0.4, 0.5) is 0 Å². The molecule has 4 heteroatoms. The highest BCUT2D eigenvalue weighted by Gasteiger charge is 2.11. The quantitative estimate of drug-likeness (QED) is 0.486. The first-order valence-electron chi connectivity index (χ1n) is 6.94. The van der Waals surface area contributed by atoms with Gasteiger partial charge in [0.05, 0.1) is 15.6 Å². The molecule has 3 aromatic rings. The SMILES string of the molecule is O=C(/C=C/c1ccc(Cl)c(Cl)c1)c1ccc2ccccc2c1O. The van der Waals surface area contributed by atoms with E-state index < -0.39 is 0 Å². The van der Waals surface area contributed by atoms with Crippen LogP contribution >= 0.6 is 23.2 Å². The number of phenolic OH excluding ortho intramolecular Hbond substituents is 1. The average Bonchev–Trinajstić information content (AvgIpc) is 2.56. The molecule has 0 spiro atoms. The van der Waals surface area contributed by atoms with E-state index in [-0.39, 0.29) is 17.1 Å². The third kappa shape index (κ3) is 3.24. The van der Waals surface area contributed by atoms with Crippen LogP contribution < -0.4 is 0 Å². The highest BCUT2D eigenvalue weighted by Crippen LogP contribution is 2.29. The highest BCUT2D eigenvalue weighted by atomic mass is 35.5. The molecule has 0 fully saturated rings. The molecular formula is C19H12Cl2O2. The number of hydrogen-bond acceptors (Lipinski definition) is 2. The van der Waals surface area contributed by atoms with E-state index in [2.05, 4.69) is 0 Å². The molecule has 0 bridgehead atoms. The number of hydrogen-bond donors (Lipinski definition) is 1. The van der Waals surface area contributed by atoms with Crippen LogP contribution in [0.1, 0.15) is 15.9 Å². The summed E-state index contributed by atoms with van der Waals surface area (Å²) >= 11 is 11.8. The minimum atomic E-state index is -0.278. The van der Waals surface area contributed by atoms with E-state index in [0.717, 1.165) is 10.9 Å². The van der Waals surface area contributed by atoms with Gasteiger partial charge >= 0.3 is 0 Å². The summed E-state index contributed by atoms with van der Waals surface area (Å²) in [6.45, 7) is 0. The van der Waals surface area contributed by atoms with E-state index in [4.69, 9.17) is 23.2 Å². The number of benzene rings is 3. The Bertz CT molecular complexity index is 930. The molecule has 0 saturated heterocycles. The van der Waals surface area contributed by atoms with Crippen LogP contribution in [0.15, 0.2) is 60.7 Å². The molecular weight excluding hydrogens is 331 g/mol. The van der Waals surface area contributed by atoms with Crippen molar-refractivity contribution >= 4 is 45.8 Å². The molecule has 2 nitrogen and oxygen atoms in total. The minimum Gasteiger partial charge on any atom is -0.507 e. The smallest absolute Gasteiger partial charge is 0.189 e. The summed E-state index contributed by atoms with van der Waals surface area (Å²) in [5.74, 6) is -0.286. The van der Waals surface area contributed by atoms with Crippen LogP contribution in [0.25, 0.3) is 16.8 Å². The minimum absolute atomic E-state index is 0.00751. The first kappa shape index (κ1) is 15.6. The zero-order valence-corrected chi connectivity index (χ0v) is 13.5. The van der Waals surface area contributed by atoms with Crippen molar-refractivity contribution in [2.75, 3.05) is 0 Å². The maximum atomic E-state index is 12.3. The van der Waals surface area contributed by atoms with Gasteiger partial charge in [0.2, 0.25) is 0 Å². The van der Waals surface area contributed by atoms with Crippen molar-refractivity contribution in [3.8, 4) is 5.75 Å². The zero-order valence-electron chi connectivity index (χ0n) is 12.0. The van der Waals surface area contributed by atoms with Crippen molar-refractivity contribution in [2.24, 2.45) is 0 Å². The van der Waals surface area contributed by atoms with Crippen LogP contribution in [0.3, 0.4) is 0 Å². The standard InChI is InChI=1S/C19H12Cl2O2/c20-16-9-5-12(11-17(16)21)6-10-18(22)15-8-7-13-3-1-2-4-14(13)19(15)23/h1-11,23H/b10-6+. The summed E-state index contributed by atoms with van der Waals surface area (Å²) in [5.41, 5.74) is 1.02. The van der Waals surface area contributed by atoms with Crippen molar-refractivity contribution in [2.45, 2.75) is 0 Å². The first-order chi connectivity index (χ1) is 11.1. The summed E-state index contributed by atoms with van der Waals surface area (Å²) < 4.78 is 0. The van der Waals surface area contributed by atoms with E-state index in [1.54, 1.807) is 36.4 Å². The molecule has 0 aliphatic heterocycles. The predicted molar refractivity (Wildman–Crippen MR) is 95.4 cm³/mol. The van der Waals surface area contributed by atoms with E-state index in [1.807, 2.05) is 24.3 Å². The van der Waals surface area contributed by atoms with Gasteiger partial charge in [-0.2, -0.15) is 0 Å². The van der Waals surface area contributed by atoms with Gasteiger partial charge < -0.3 is 5.11 Å². The Balaban J connectivity index is 1.92. The molecule has 0 atom stereocenters. The van der Waals surface area contributed by atoms with Crippen molar-refractivity contribution in [3.05, 3.63) is 81.8 Å². The second-order valence-corrected chi connectivity index (χ2v) is 5.87. The lowest BCUT2D eigenvalue weighted by Crippen LogP contribution is -1.95. The largest absolute Gasteiger partial charge is 0.507 e. The summed E-state index contributed by atoms with van der Waals surface area (Å²) in [7, 11) is 0. The highest BCUT2D eigenvalue weighted by molar-refractivity contribution is 6.42. The number of allylic oxidation sites excluding steroid dienone is 1. The molecule has 1 N–H and O–H groups in total. The van der Waals surface area contributed by atoms with Crippen molar-refractivity contribution in [1.82, 2.24) is 0 Å². The fourth-order valence-electron chi connectivity index (χ4n) is 2.33. The van der Waals surface area contributed by atoms with E-state index >= 15 is 0 Å². The Labute approximate surface area is 143 Å². The number of carbonyl (C=O) groups excluding carboxylic acids is 1. The molecule has 0 saturated carbocycles. The predicted octanol–water partition coefficient (Wildman–Crippen LogP) is 5.75. The summed E-state index contributed by atoms with van der Waals surface area (Å²) in [6.07, 6.45) is 3.04. The maximum absolute atomic E-state index is 12.3. The van der Waals surface area contributed by atoms with E-state index in [9.17, 15) is 9.90 Å². The molecule has 3 aromatic carbocycles. The van der Waals surface area contributed by atoms with Gasteiger partial charge in [0.25, 0.3) is 0 Å². The van der Waals surface area contributed by atoms with E-state index in [1.165, 1.54) is 6.08 Å². The zero-order chi connectivity index (χ0) is 16.4. The van der Waals surface area contributed by atoms with Gasteiger partial charge in [-0.15, -0.1) is 0 Å². The van der Waals surface area contributed by atoms with Crippen LogP contribution in [0, 0.1) is 0 Å². The number of aromatic hydroxyl groups is 1. The first-order valence-corrected chi connectivity index (χ1v) is 7.70. The molecule has 0 aliphatic rings. The van der Waals surface area contributed by atoms with Crippen molar-refractivity contribution in [1.29, 1.82) is 0 Å². The Morgan fingerprint density at radius 3 is 2.52 bits per heavy atom. The van der Waals surface area contributed by atoms with Crippen molar-refractivity contribution < 1.29 is 9.90 Å². The normalized spacial score (nSPS) is 11.2. The average molecular weight is 343 g/mol. The van der Waals surface area contributed by atoms with Crippen LogP contribution in [-0.4, -0.2) is 10.9 Å². The van der Waals surface area contributed by atoms with Gasteiger partial charge in [0.15, 0.2) is 5.78 Å². The fourth-order valence-corrected chi connectivity index (χ4v) is 2.64. The van der Waals surface area contributed by atoms with Crippen molar-refractivity contribution in [3.63, 3.8) is 0 Å². The fraction of sp³-hybridized carbons (Fsp3) is 0. The topological polar surface area (TPSA) is 37.3 Å². The molecule has 23 heavy (non-hydrogen) atoms. The van der Waals surface area contributed by atoms with Gasteiger partial charge in [0.1, 0.15) is 5.75 Å². The Kier molecular flexibility index (Phi) is 4.37. The summed E-state index contributed by atoms with van der Waals surface area (Å²) in [5, 5.41) is 12.7. The molecule has 114 valence electrons. The number of rotatable bonds is 3. The molecule has 0 amide bonds. The number of carbonyl (C=O) groups is 1. The van der Waals surface area contributed by atoms with E-state index in [0.29, 0.717) is 15.4 Å². The molecule has 3 rings (SSSR count). The lowest BCUT2D eigenvalue weighted by molar-refractivity contribution is 0.104. The van der Waals surface area contributed by atoms with Gasteiger partial charge in [-0.3, -0.25) is 4.79 Å². The number of halogens is 2. The van der Waals surface area contributed by atoms with Gasteiger partial charge in [-0.05, 0) is 35.2 Å². The Morgan fingerprint density at radius 1 is 0.957 bits per heavy atom. The third-order valence-corrected chi connectivity index (χ3v) is 4.28. The second-order valence-electron chi connectivity index (χ2n) is 5.05. The van der Waals surface area contributed by atoms with Gasteiger partial charge in [-0.1, -0.05) is 65.7 Å². The molecule has 0 heterocycles. The number of phenols is 1. The molecule has 0 radical (unpaired) electrons. The van der Waals surface area contributed by atoms with Crippen LogP contribution in [-0.2, 0) is 0 Å². The molecule has 0 aromatic heterocycles. The monoisotopic (exact) mass is 342 g/mol. The van der Waals surface area contributed by atoms with Gasteiger partial charge in [0, 0.05) is 5.39 Å². The summed E-state index contributed by atoms with van der Waals surface area (Å²) in [6, 6.07) is 15.9.